The summed E-state index contributed by atoms with van der Waals surface area (Å²) in [6.45, 7) is 1.84. The van der Waals surface area contributed by atoms with Crippen molar-refractivity contribution in [1.82, 2.24) is 9.13 Å². The van der Waals surface area contributed by atoms with Crippen molar-refractivity contribution in [3.63, 3.8) is 0 Å². The second-order valence-corrected chi connectivity index (χ2v) is 3.48. The van der Waals surface area contributed by atoms with E-state index in [0.717, 1.165) is 5.69 Å². The van der Waals surface area contributed by atoms with Gasteiger partial charge in [-0.2, -0.15) is 0 Å². The van der Waals surface area contributed by atoms with Crippen LogP contribution in [0.5, 0.6) is 0 Å². The molecule has 2 rings (SSSR count). The molecule has 0 N–H and O–H groups in total. The second kappa shape index (κ2) is 3.38. The van der Waals surface area contributed by atoms with Gasteiger partial charge in [0.1, 0.15) is 5.82 Å². The first-order valence-corrected chi connectivity index (χ1v) is 4.60. The first-order valence-electron chi connectivity index (χ1n) is 4.60. The van der Waals surface area contributed by atoms with E-state index in [4.69, 9.17) is 0 Å². The molecule has 0 saturated carbocycles. The lowest BCUT2D eigenvalue weighted by Crippen LogP contribution is -2.21. The fraction of sp³-hybridized carbons (Fsp3) is 0.182. The third kappa shape index (κ3) is 1.58. The number of imidazole rings is 1. The van der Waals surface area contributed by atoms with Crippen LogP contribution >= 0.6 is 0 Å². The van der Waals surface area contributed by atoms with Crippen LogP contribution in [-0.4, -0.2) is 9.13 Å². The number of benzene rings is 1. The summed E-state index contributed by atoms with van der Waals surface area (Å²) in [5.74, 6) is -0.305. The van der Waals surface area contributed by atoms with Crippen LogP contribution in [0.3, 0.4) is 0 Å². The molecule has 0 fully saturated rings. The van der Waals surface area contributed by atoms with Gasteiger partial charge < -0.3 is 4.57 Å². The van der Waals surface area contributed by atoms with Crippen LogP contribution in [0, 0.1) is 12.7 Å². The Labute approximate surface area is 86.4 Å². The molecule has 0 saturated heterocycles. The van der Waals surface area contributed by atoms with E-state index in [1.807, 2.05) is 6.92 Å². The second-order valence-electron chi connectivity index (χ2n) is 3.48. The van der Waals surface area contributed by atoms with E-state index >= 15 is 0 Å². The molecular weight excluding hydrogens is 195 g/mol. The average Bonchev–Trinajstić information content (AvgIpc) is 2.44. The minimum atomic E-state index is -0.305. The number of rotatable bonds is 1. The van der Waals surface area contributed by atoms with Crippen LogP contribution in [0.1, 0.15) is 5.69 Å². The summed E-state index contributed by atoms with van der Waals surface area (Å²) >= 11 is 0. The number of hydrogen-bond acceptors (Lipinski definition) is 1. The zero-order chi connectivity index (χ0) is 11.0. The molecule has 0 amide bonds. The molecule has 0 atom stereocenters. The number of aryl methyl sites for hydroxylation is 2. The van der Waals surface area contributed by atoms with E-state index in [1.54, 1.807) is 29.9 Å². The largest absolute Gasteiger partial charge is 0.332 e. The van der Waals surface area contributed by atoms with Gasteiger partial charge in [0.25, 0.3) is 0 Å². The first kappa shape index (κ1) is 9.71. The highest BCUT2D eigenvalue weighted by molar-refractivity contribution is 5.33. The zero-order valence-electron chi connectivity index (χ0n) is 8.57. The lowest BCUT2D eigenvalue weighted by Gasteiger charge is -2.02. The number of nitrogens with zero attached hydrogens (tertiary/aromatic N) is 2. The molecule has 0 radical (unpaired) electrons. The predicted molar refractivity (Wildman–Crippen MR) is 55.7 cm³/mol. The SMILES string of the molecule is Cc1cn(C)c(=O)n1-c1ccc(F)cc1. The van der Waals surface area contributed by atoms with E-state index in [1.165, 1.54) is 16.7 Å². The Morgan fingerprint density at radius 2 is 1.80 bits per heavy atom. The van der Waals surface area contributed by atoms with E-state index in [9.17, 15) is 9.18 Å². The van der Waals surface area contributed by atoms with Crippen LogP contribution in [-0.2, 0) is 7.05 Å². The van der Waals surface area contributed by atoms with Gasteiger partial charge in [0.15, 0.2) is 0 Å². The molecule has 15 heavy (non-hydrogen) atoms. The Balaban J connectivity index is 2.64. The van der Waals surface area contributed by atoms with E-state index < -0.39 is 0 Å². The minimum absolute atomic E-state index is 0.126. The van der Waals surface area contributed by atoms with Crippen molar-refractivity contribution in [3.05, 3.63) is 52.5 Å². The summed E-state index contributed by atoms with van der Waals surface area (Å²) < 4.78 is 15.8. The molecule has 4 heteroatoms. The molecule has 78 valence electrons. The van der Waals surface area contributed by atoms with Crippen LogP contribution in [0.2, 0.25) is 0 Å². The molecule has 0 aliphatic heterocycles. The van der Waals surface area contributed by atoms with Crippen molar-refractivity contribution in [1.29, 1.82) is 0 Å². The van der Waals surface area contributed by atoms with Gasteiger partial charge in [-0.25, -0.2) is 9.18 Å². The molecule has 3 nitrogen and oxygen atoms in total. The molecule has 0 bridgehead atoms. The lowest BCUT2D eigenvalue weighted by molar-refractivity contribution is 0.627. The van der Waals surface area contributed by atoms with E-state index in [2.05, 4.69) is 0 Å². The lowest BCUT2D eigenvalue weighted by atomic mass is 10.3. The molecule has 0 spiro atoms. The third-order valence-corrected chi connectivity index (χ3v) is 2.31. The van der Waals surface area contributed by atoms with E-state index in [0.29, 0.717) is 5.69 Å². The smallest absolute Gasteiger partial charge is 0.302 e. The number of hydrogen-bond donors (Lipinski definition) is 0. The zero-order valence-corrected chi connectivity index (χ0v) is 8.57. The molecule has 0 unspecified atom stereocenters. The molecular formula is C11H11FN2O. The molecule has 1 heterocycles. The molecule has 2 aromatic rings. The Bertz CT molecular complexity index is 537. The summed E-state index contributed by atoms with van der Waals surface area (Å²) in [7, 11) is 1.69. The highest BCUT2D eigenvalue weighted by atomic mass is 19.1. The quantitative estimate of drug-likeness (QED) is 0.696. The Morgan fingerprint density at radius 3 is 2.27 bits per heavy atom. The Kier molecular flexibility index (Phi) is 2.19. The van der Waals surface area contributed by atoms with Crippen molar-refractivity contribution in [2.75, 3.05) is 0 Å². The summed E-state index contributed by atoms with van der Waals surface area (Å²) in [4.78, 5) is 11.7. The van der Waals surface area contributed by atoms with Crippen molar-refractivity contribution < 1.29 is 4.39 Å². The fourth-order valence-electron chi connectivity index (χ4n) is 1.61. The van der Waals surface area contributed by atoms with Gasteiger partial charge in [0.05, 0.1) is 5.69 Å². The predicted octanol–water partition coefficient (Wildman–Crippen LogP) is 1.62. The van der Waals surface area contributed by atoms with Gasteiger partial charge in [-0.3, -0.25) is 4.57 Å². The standard InChI is InChI=1S/C11H11FN2O/c1-8-7-13(2)11(15)14(8)10-5-3-9(12)4-6-10/h3-7H,1-2H3. The highest BCUT2D eigenvalue weighted by Gasteiger charge is 2.06. The van der Waals surface area contributed by atoms with E-state index in [-0.39, 0.29) is 11.5 Å². The minimum Gasteiger partial charge on any atom is -0.302 e. The molecule has 0 aliphatic carbocycles. The summed E-state index contributed by atoms with van der Waals surface area (Å²) in [5.41, 5.74) is 1.38. The Morgan fingerprint density at radius 1 is 1.20 bits per heavy atom. The van der Waals surface area contributed by atoms with Gasteiger partial charge in [-0.1, -0.05) is 0 Å². The van der Waals surface area contributed by atoms with Gasteiger partial charge in [-0.05, 0) is 31.2 Å². The number of aromatic nitrogens is 2. The van der Waals surface area contributed by atoms with Crippen LogP contribution in [0.15, 0.2) is 35.3 Å². The van der Waals surface area contributed by atoms with Gasteiger partial charge in [0.2, 0.25) is 0 Å². The topological polar surface area (TPSA) is 26.9 Å². The van der Waals surface area contributed by atoms with Gasteiger partial charge >= 0.3 is 5.69 Å². The third-order valence-electron chi connectivity index (χ3n) is 2.31. The van der Waals surface area contributed by atoms with Gasteiger partial charge in [0, 0.05) is 18.9 Å². The maximum Gasteiger partial charge on any atom is 0.332 e. The summed E-state index contributed by atoms with van der Waals surface area (Å²) in [5, 5.41) is 0. The first-order chi connectivity index (χ1) is 7.09. The van der Waals surface area contributed by atoms with Crippen molar-refractivity contribution in [2.45, 2.75) is 6.92 Å². The highest BCUT2D eigenvalue weighted by Crippen LogP contribution is 2.09. The van der Waals surface area contributed by atoms with Crippen molar-refractivity contribution >= 4 is 0 Å². The van der Waals surface area contributed by atoms with Crippen molar-refractivity contribution in [2.24, 2.45) is 7.05 Å². The average molecular weight is 206 g/mol. The van der Waals surface area contributed by atoms with Crippen molar-refractivity contribution in [3.8, 4) is 5.69 Å². The molecule has 1 aromatic heterocycles. The monoisotopic (exact) mass is 206 g/mol. The normalized spacial score (nSPS) is 10.6. The number of halogens is 1. The Hall–Kier alpha value is -1.84. The summed E-state index contributed by atoms with van der Waals surface area (Å²) in [6.07, 6.45) is 1.74. The van der Waals surface area contributed by atoms with Gasteiger partial charge in [-0.15, -0.1) is 0 Å². The molecule has 1 aromatic carbocycles. The maximum atomic E-state index is 12.7. The fourth-order valence-corrected chi connectivity index (χ4v) is 1.61. The van der Waals surface area contributed by atoms with Crippen LogP contribution in [0.25, 0.3) is 5.69 Å². The summed E-state index contributed by atoms with van der Waals surface area (Å²) in [6, 6.07) is 5.86. The molecule has 0 aliphatic rings. The van der Waals surface area contributed by atoms with Crippen LogP contribution < -0.4 is 5.69 Å². The van der Waals surface area contributed by atoms with Crippen LogP contribution in [0.4, 0.5) is 4.39 Å². The maximum absolute atomic E-state index is 12.7.